The Labute approximate surface area is 195 Å². The zero-order chi connectivity index (χ0) is 22.8. The number of carboxylic acid groups (broad SMARTS) is 1. The smallest absolute Gasteiger partial charge is 0.325 e. The van der Waals surface area contributed by atoms with Crippen molar-refractivity contribution in [1.29, 1.82) is 0 Å². The molecule has 1 aromatic heterocycles. The van der Waals surface area contributed by atoms with Gasteiger partial charge < -0.3 is 15.4 Å². The Morgan fingerprint density at radius 3 is 2.53 bits per heavy atom. The van der Waals surface area contributed by atoms with E-state index in [1.54, 1.807) is 18.3 Å². The number of aliphatic carboxylic acids is 1. The van der Waals surface area contributed by atoms with Crippen LogP contribution in [-0.2, 0) is 16.1 Å². The summed E-state index contributed by atoms with van der Waals surface area (Å²) in [6, 6.07) is 10.2. The van der Waals surface area contributed by atoms with Crippen LogP contribution in [0.3, 0.4) is 0 Å². The highest BCUT2D eigenvalue weighted by atomic mass is 35.5. The molecule has 1 aliphatic heterocycles. The Bertz CT molecular complexity index is 1160. The van der Waals surface area contributed by atoms with Crippen LogP contribution in [0.15, 0.2) is 42.6 Å². The number of aromatic amines is 1. The van der Waals surface area contributed by atoms with Crippen LogP contribution < -0.4 is 5.32 Å². The largest absolute Gasteiger partial charge is 0.480 e. The van der Waals surface area contributed by atoms with Crippen molar-refractivity contribution in [1.82, 2.24) is 14.8 Å². The third-order valence-electron chi connectivity index (χ3n) is 5.74. The number of rotatable bonds is 6. The summed E-state index contributed by atoms with van der Waals surface area (Å²) in [5.74, 6) is -1.04. The predicted molar refractivity (Wildman–Crippen MR) is 126 cm³/mol. The van der Waals surface area contributed by atoms with Crippen LogP contribution in [0.1, 0.15) is 24.1 Å². The van der Waals surface area contributed by atoms with Gasteiger partial charge in [0.25, 0.3) is 0 Å². The summed E-state index contributed by atoms with van der Waals surface area (Å²) in [6.45, 7) is 4.86. The van der Waals surface area contributed by atoms with Crippen molar-refractivity contribution in [2.75, 3.05) is 31.5 Å². The zero-order valence-electron chi connectivity index (χ0n) is 17.6. The average Bonchev–Trinajstić information content (AvgIpc) is 3.13. The van der Waals surface area contributed by atoms with Gasteiger partial charge in [0.1, 0.15) is 6.04 Å². The van der Waals surface area contributed by atoms with Gasteiger partial charge in [-0.3, -0.25) is 19.4 Å². The van der Waals surface area contributed by atoms with Gasteiger partial charge in [-0.2, -0.15) is 0 Å². The van der Waals surface area contributed by atoms with E-state index in [0.717, 1.165) is 35.1 Å². The number of carbonyl (C=O) groups is 2. The third kappa shape index (κ3) is 4.91. The van der Waals surface area contributed by atoms with Gasteiger partial charge in [0.2, 0.25) is 5.91 Å². The second-order valence-electron chi connectivity index (χ2n) is 7.97. The summed E-state index contributed by atoms with van der Waals surface area (Å²) in [4.78, 5) is 31.0. The predicted octanol–water partition coefficient (Wildman–Crippen LogP) is 4.38. The Balaban J connectivity index is 1.48. The fourth-order valence-corrected chi connectivity index (χ4v) is 4.68. The first kappa shape index (κ1) is 22.6. The molecule has 1 amide bonds. The van der Waals surface area contributed by atoms with Crippen LogP contribution in [-0.4, -0.2) is 57.9 Å². The normalized spacial score (nSPS) is 16.2. The lowest BCUT2D eigenvalue weighted by atomic mass is 10.0. The molecule has 0 radical (unpaired) electrons. The highest BCUT2D eigenvalue weighted by molar-refractivity contribution is 6.35. The number of amides is 1. The monoisotopic (exact) mass is 474 g/mol. The molecule has 7 nitrogen and oxygen atoms in total. The molecule has 1 saturated heterocycles. The van der Waals surface area contributed by atoms with Gasteiger partial charge in [0.15, 0.2) is 0 Å². The van der Waals surface area contributed by atoms with E-state index in [9.17, 15) is 14.7 Å². The number of carboxylic acids is 1. The highest BCUT2D eigenvalue weighted by Gasteiger charge is 2.32. The van der Waals surface area contributed by atoms with Crippen molar-refractivity contribution in [2.45, 2.75) is 19.5 Å². The van der Waals surface area contributed by atoms with Crippen molar-refractivity contribution >= 4 is 51.7 Å². The van der Waals surface area contributed by atoms with Gasteiger partial charge >= 0.3 is 5.97 Å². The average molecular weight is 475 g/mol. The molecule has 1 unspecified atom stereocenters. The molecule has 32 heavy (non-hydrogen) atoms. The molecule has 4 rings (SSSR count). The topological polar surface area (TPSA) is 88.7 Å². The molecule has 168 valence electrons. The van der Waals surface area contributed by atoms with Gasteiger partial charge in [0, 0.05) is 78.0 Å². The number of H-pyrrole nitrogens is 1. The number of benzene rings is 2. The number of hydrogen-bond donors (Lipinski definition) is 3. The Morgan fingerprint density at radius 2 is 1.88 bits per heavy atom. The number of anilines is 1. The zero-order valence-corrected chi connectivity index (χ0v) is 19.1. The van der Waals surface area contributed by atoms with Gasteiger partial charge in [-0.15, -0.1) is 0 Å². The van der Waals surface area contributed by atoms with Crippen molar-refractivity contribution in [3.05, 3.63) is 63.8 Å². The number of fused-ring (bicyclic) bond motifs is 1. The number of nitrogens with one attached hydrogen (secondary N) is 2. The van der Waals surface area contributed by atoms with E-state index in [0.29, 0.717) is 35.4 Å². The lowest BCUT2D eigenvalue weighted by molar-refractivity contribution is -0.144. The lowest BCUT2D eigenvalue weighted by Gasteiger charge is -2.37. The van der Waals surface area contributed by atoms with Crippen molar-refractivity contribution in [2.24, 2.45) is 0 Å². The number of piperazine rings is 1. The first-order chi connectivity index (χ1) is 15.3. The minimum atomic E-state index is -0.883. The SMILES string of the molecule is CC(=O)Nc1ccc2c(C(C(=O)O)N3CCN(Cc4ccc(Cl)cc4Cl)CC3)c[nH]c2c1. The van der Waals surface area contributed by atoms with E-state index >= 15 is 0 Å². The minimum absolute atomic E-state index is 0.155. The first-order valence-corrected chi connectivity index (χ1v) is 11.1. The van der Waals surface area contributed by atoms with Crippen LogP contribution in [0.5, 0.6) is 0 Å². The molecule has 3 aromatic rings. The molecule has 1 fully saturated rings. The van der Waals surface area contributed by atoms with E-state index in [2.05, 4.69) is 15.2 Å². The third-order valence-corrected chi connectivity index (χ3v) is 6.33. The number of hydrogen-bond acceptors (Lipinski definition) is 4. The van der Waals surface area contributed by atoms with Crippen LogP contribution in [0, 0.1) is 0 Å². The molecular weight excluding hydrogens is 451 g/mol. The van der Waals surface area contributed by atoms with Crippen molar-refractivity contribution < 1.29 is 14.7 Å². The molecule has 9 heteroatoms. The lowest BCUT2D eigenvalue weighted by Crippen LogP contribution is -2.48. The van der Waals surface area contributed by atoms with Crippen LogP contribution in [0.4, 0.5) is 5.69 Å². The van der Waals surface area contributed by atoms with Crippen LogP contribution in [0.25, 0.3) is 10.9 Å². The second-order valence-corrected chi connectivity index (χ2v) is 8.82. The van der Waals surface area contributed by atoms with Crippen LogP contribution in [0.2, 0.25) is 10.0 Å². The maximum Gasteiger partial charge on any atom is 0.325 e. The number of halogens is 2. The van der Waals surface area contributed by atoms with Gasteiger partial charge in [-0.1, -0.05) is 35.3 Å². The number of carbonyl (C=O) groups excluding carboxylic acids is 1. The van der Waals surface area contributed by atoms with E-state index in [1.165, 1.54) is 6.92 Å². The summed E-state index contributed by atoms with van der Waals surface area (Å²) in [5.41, 5.74) is 3.18. The molecule has 2 aromatic carbocycles. The maximum absolute atomic E-state index is 12.2. The molecule has 2 heterocycles. The van der Waals surface area contributed by atoms with Crippen molar-refractivity contribution in [3.8, 4) is 0 Å². The number of aromatic nitrogens is 1. The number of nitrogens with zero attached hydrogens (tertiary/aromatic N) is 2. The second kappa shape index (κ2) is 9.50. The molecule has 3 N–H and O–H groups in total. The fourth-order valence-electron chi connectivity index (χ4n) is 4.21. The van der Waals surface area contributed by atoms with E-state index in [1.807, 2.05) is 29.2 Å². The van der Waals surface area contributed by atoms with Crippen LogP contribution >= 0.6 is 23.2 Å². The fraction of sp³-hybridized carbons (Fsp3) is 0.304. The summed E-state index contributed by atoms with van der Waals surface area (Å²) >= 11 is 12.3. The molecular formula is C23H24Cl2N4O3. The molecule has 0 bridgehead atoms. The Morgan fingerprint density at radius 1 is 1.12 bits per heavy atom. The summed E-state index contributed by atoms with van der Waals surface area (Å²) < 4.78 is 0. The molecule has 0 spiro atoms. The highest BCUT2D eigenvalue weighted by Crippen LogP contribution is 2.31. The molecule has 0 saturated carbocycles. The summed E-state index contributed by atoms with van der Waals surface area (Å²) in [5, 5.41) is 14.9. The maximum atomic E-state index is 12.2. The standard InChI is InChI=1S/C23H24Cl2N4O3/c1-14(30)27-17-4-5-18-19(12-26-21(18)11-17)22(23(31)32)29-8-6-28(7-9-29)13-15-2-3-16(24)10-20(15)25/h2-5,10-12,22,26H,6-9,13H2,1H3,(H,27,30)(H,31,32). The molecule has 0 aliphatic carbocycles. The minimum Gasteiger partial charge on any atom is -0.480 e. The molecule has 1 atom stereocenters. The summed E-state index contributed by atoms with van der Waals surface area (Å²) in [6.07, 6.45) is 1.75. The molecule has 1 aliphatic rings. The van der Waals surface area contributed by atoms with Gasteiger partial charge in [-0.05, 0) is 29.8 Å². The quantitative estimate of drug-likeness (QED) is 0.493. The Kier molecular flexibility index (Phi) is 6.71. The van der Waals surface area contributed by atoms with Gasteiger partial charge in [-0.25, -0.2) is 0 Å². The van der Waals surface area contributed by atoms with E-state index in [4.69, 9.17) is 23.2 Å². The van der Waals surface area contributed by atoms with Gasteiger partial charge in [0.05, 0.1) is 0 Å². The van der Waals surface area contributed by atoms with E-state index < -0.39 is 12.0 Å². The summed E-state index contributed by atoms with van der Waals surface area (Å²) in [7, 11) is 0. The first-order valence-electron chi connectivity index (χ1n) is 10.3. The van der Waals surface area contributed by atoms with E-state index in [-0.39, 0.29) is 5.91 Å². The van der Waals surface area contributed by atoms with Crippen molar-refractivity contribution in [3.63, 3.8) is 0 Å². The Hall–Kier alpha value is -2.58.